The molecule has 1 N–H and O–H groups in total. The first kappa shape index (κ1) is 6.67. The summed E-state index contributed by atoms with van der Waals surface area (Å²) in [6.45, 7) is 3.51. The van der Waals surface area contributed by atoms with Gasteiger partial charge in [-0.25, -0.2) is 4.79 Å². The molecular formula is C6H6N2O2. The van der Waals surface area contributed by atoms with Crippen molar-refractivity contribution in [3.05, 3.63) is 12.2 Å². The minimum atomic E-state index is -1.07. The normalized spacial score (nSPS) is 16.8. The minimum Gasteiger partial charge on any atom is -0.476 e. The summed E-state index contributed by atoms with van der Waals surface area (Å²) in [6, 6.07) is 0. The first-order chi connectivity index (χ1) is 4.72. The number of nitrogens with zero attached hydrogens (tertiary/aromatic N) is 2. The zero-order chi connectivity index (χ0) is 7.56. The molecule has 0 aliphatic carbocycles. The standard InChI is InChI=1S/C6H6N2O2/c1-4-2-3-7-8-5(4)6(9)10/h3H,1-2H2,(H,9,10). The Balaban J connectivity index is 2.91. The van der Waals surface area contributed by atoms with Crippen LogP contribution in [0.5, 0.6) is 0 Å². The molecule has 4 nitrogen and oxygen atoms in total. The molecule has 0 aromatic rings. The van der Waals surface area contributed by atoms with E-state index >= 15 is 0 Å². The van der Waals surface area contributed by atoms with Crippen molar-refractivity contribution < 1.29 is 9.90 Å². The van der Waals surface area contributed by atoms with Gasteiger partial charge in [0, 0.05) is 12.6 Å². The summed E-state index contributed by atoms with van der Waals surface area (Å²) >= 11 is 0. The molecule has 0 fully saturated rings. The van der Waals surface area contributed by atoms with E-state index in [1.807, 2.05) is 0 Å². The van der Waals surface area contributed by atoms with Gasteiger partial charge in [-0.2, -0.15) is 5.10 Å². The van der Waals surface area contributed by atoms with E-state index in [1.165, 1.54) is 6.21 Å². The molecule has 0 saturated heterocycles. The van der Waals surface area contributed by atoms with Crippen molar-refractivity contribution in [2.75, 3.05) is 0 Å². The Hall–Kier alpha value is -1.45. The van der Waals surface area contributed by atoms with Crippen LogP contribution >= 0.6 is 0 Å². The molecular weight excluding hydrogens is 132 g/mol. The fraction of sp³-hybridized carbons (Fsp3) is 0.167. The summed E-state index contributed by atoms with van der Waals surface area (Å²) in [4.78, 5) is 10.3. The number of aliphatic carboxylic acids is 1. The lowest BCUT2D eigenvalue weighted by Crippen LogP contribution is -2.16. The fourth-order valence-electron chi connectivity index (χ4n) is 0.611. The Bertz CT molecular complexity index is 240. The molecule has 0 radical (unpaired) electrons. The van der Waals surface area contributed by atoms with Gasteiger partial charge in [0.25, 0.3) is 0 Å². The molecule has 1 heterocycles. The van der Waals surface area contributed by atoms with E-state index in [0.29, 0.717) is 12.0 Å². The number of rotatable bonds is 1. The van der Waals surface area contributed by atoms with Crippen LogP contribution in [0.2, 0.25) is 0 Å². The molecule has 0 bridgehead atoms. The van der Waals surface area contributed by atoms with Crippen molar-refractivity contribution >= 4 is 17.9 Å². The molecule has 1 aliphatic rings. The monoisotopic (exact) mass is 138 g/mol. The second-order valence-electron chi connectivity index (χ2n) is 1.86. The van der Waals surface area contributed by atoms with Crippen LogP contribution in [0.25, 0.3) is 0 Å². The Morgan fingerprint density at radius 1 is 1.80 bits per heavy atom. The van der Waals surface area contributed by atoms with Gasteiger partial charge >= 0.3 is 5.97 Å². The third-order valence-corrected chi connectivity index (χ3v) is 1.11. The van der Waals surface area contributed by atoms with E-state index in [2.05, 4.69) is 16.8 Å². The molecule has 1 aliphatic heterocycles. The molecule has 1 rings (SSSR count). The average Bonchev–Trinajstić information content (AvgIpc) is 1.88. The van der Waals surface area contributed by atoms with Crippen LogP contribution in [0, 0.1) is 0 Å². The van der Waals surface area contributed by atoms with Gasteiger partial charge in [0.2, 0.25) is 0 Å². The minimum absolute atomic E-state index is 0.0394. The van der Waals surface area contributed by atoms with E-state index in [4.69, 9.17) is 5.11 Å². The summed E-state index contributed by atoms with van der Waals surface area (Å²) < 4.78 is 0. The number of carbonyl (C=O) groups is 1. The second-order valence-corrected chi connectivity index (χ2v) is 1.86. The smallest absolute Gasteiger partial charge is 0.356 e. The zero-order valence-corrected chi connectivity index (χ0v) is 5.24. The van der Waals surface area contributed by atoms with Gasteiger partial charge < -0.3 is 5.11 Å². The number of carboxylic acids is 1. The predicted octanol–water partition coefficient (Wildman–Crippen LogP) is 0.458. The highest BCUT2D eigenvalue weighted by molar-refractivity contribution is 6.43. The summed E-state index contributed by atoms with van der Waals surface area (Å²) in [6.07, 6.45) is 2.00. The molecule has 0 aromatic heterocycles. The lowest BCUT2D eigenvalue weighted by Gasteiger charge is -2.02. The van der Waals surface area contributed by atoms with Crippen molar-refractivity contribution in [1.29, 1.82) is 0 Å². The van der Waals surface area contributed by atoms with Crippen LogP contribution in [-0.2, 0) is 4.79 Å². The fourth-order valence-corrected chi connectivity index (χ4v) is 0.611. The first-order valence-corrected chi connectivity index (χ1v) is 2.72. The van der Waals surface area contributed by atoms with Gasteiger partial charge in [-0.05, 0) is 5.57 Å². The highest BCUT2D eigenvalue weighted by Gasteiger charge is 2.14. The van der Waals surface area contributed by atoms with Crippen LogP contribution < -0.4 is 0 Å². The van der Waals surface area contributed by atoms with E-state index in [9.17, 15) is 4.79 Å². The largest absolute Gasteiger partial charge is 0.476 e. The van der Waals surface area contributed by atoms with Crippen molar-refractivity contribution in [3.8, 4) is 0 Å². The van der Waals surface area contributed by atoms with Gasteiger partial charge in [-0.1, -0.05) is 6.58 Å². The number of hydrogen-bond donors (Lipinski definition) is 1. The lowest BCUT2D eigenvalue weighted by atomic mass is 10.1. The van der Waals surface area contributed by atoms with Crippen molar-refractivity contribution in [1.82, 2.24) is 0 Å². The van der Waals surface area contributed by atoms with Crippen molar-refractivity contribution in [3.63, 3.8) is 0 Å². The molecule has 0 amide bonds. The third-order valence-electron chi connectivity index (χ3n) is 1.11. The van der Waals surface area contributed by atoms with Gasteiger partial charge in [0.15, 0.2) is 5.71 Å². The molecule has 0 unspecified atom stereocenters. The van der Waals surface area contributed by atoms with E-state index in [-0.39, 0.29) is 5.71 Å². The average molecular weight is 138 g/mol. The van der Waals surface area contributed by atoms with E-state index in [1.54, 1.807) is 0 Å². The Morgan fingerprint density at radius 2 is 2.50 bits per heavy atom. The summed E-state index contributed by atoms with van der Waals surface area (Å²) in [5.74, 6) is -1.07. The highest BCUT2D eigenvalue weighted by Crippen LogP contribution is 2.04. The molecule has 52 valence electrons. The van der Waals surface area contributed by atoms with Crippen molar-refractivity contribution in [2.24, 2.45) is 10.2 Å². The van der Waals surface area contributed by atoms with Crippen LogP contribution in [0.4, 0.5) is 0 Å². The molecule has 0 atom stereocenters. The molecule has 0 saturated carbocycles. The predicted molar refractivity (Wildman–Crippen MR) is 37.3 cm³/mol. The van der Waals surface area contributed by atoms with Crippen LogP contribution in [0.15, 0.2) is 22.4 Å². The highest BCUT2D eigenvalue weighted by atomic mass is 16.4. The second kappa shape index (κ2) is 2.43. The van der Waals surface area contributed by atoms with Crippen LogP contribution in [-0.4, -0.2) is 23.0 Å². The van der Waals surface area contributed by atoms with Gasteiger partial charge in [0.1, 0.15) is 0 Å². The first-order valence-electron chi connectivity index (χ1n) is 2.72. The molecule has 4 heteroatoms. The Morgan fingerprint density at radius 3 is 2.90 bits per heavy atom. The van der Waals surface area contributed by atoms with Gasteiger partial charge in [0.05, 0.1) is 0 Å². The zero-order valence-electron chi connectivity index (χ0n) is 5.24. The van der Waals surface area contributed by atoms with E-state index < -0.39 is 5.97 Å². The maximum Gasteiger partial charge on any atom is 0.356 e. The number of hydrogen-bond acceptors (Lipinski definition) is 3. The molecule has 0 aromatic carbocycles. The maximum absolute atomic E-state index is 10.3. The number of carboxylic acid groups (broad SMARTS) is 1. The van der Waals surface area contributed by atoms with Crippen LogP contribution in [0.1, 0.15) is 6.42 Å². The molecule has 0 spiro atoms. The molecule has 10 heavy (non-hydrogen) atoms. The summed E-state index contributed by atoms with van der Waals surface area (Å²) in [7, 11) is 0. The maximum atomic E-state index is 10.3. The van der Waals surface area contributed by atoms with Crippen molar-refractivity contribution in [2.45, 2.75) is 6.42 Å². The lowest BCUT2D eigenvalue weighted by molar-refractivity contribution is -0.129. The third kappa shape index (κ3) is 1.10. The van der Waals surface area contributed by atoms with Crippen LogP contribution in [0.3, 0.4) is 0 Å². The Labute approximate surface area is 57.6 Å². The van der Waals surface area contributed by atoms with Gasteiger partial charge in [-0.15, -0.1) is 5.10 Å². The summed E-state index contributed by atoms with van der Waals surface area (Å²) in [5.41, 5.74) is 0.463. The SMILES string of the molecule is C=C1CC=NN=C1C(=O)O. The topological polar surface area (TPSA) is 62.0 Å². The van der Waals surface area contributed by atoms with E-state index in [0.717, 1.165) is 0 Å². The quantitative estimate of drug-likeness (QED) is 0.572. The summed E-state index contributed by atoms with van der Waals surface area (Å²) in [5, 5.41) is 15.3. The van der Waals surface area contributed by atoms with Gasteiger partial charge in [-0.3, -0.25) is 0 Å². The Kier molecular flexibility index (Phi) is 1.62.